The number of carbonyl (C=O) groups is 3. The summed E-state index contributed by atoms with van der Waals surface area (Å²) in [6, 6.07) is 0. The van der Waals surface area contributed by atoms with Gasteiger partial charge in [0.05, 0.1) is 17.9 Å². The zero-order chi connectivity index (χ0) is 23.2. The van der Waals surface area contributed by atoms with Gasteiger partial charge < -0.3 is 9.47 Å². The Kier molecular flexibility index (Phi) is 6.41. The van der Waals surface area contributed by atoms with E-state index in [4.69, 9.17) is 9.47 Å². The van der Waals surface area contributed by atoms with Crippen LogP contribution in [0.25, 0.3) is 0 Å². The molecule has 5 heteroatoms. The molecule has 4 atom stereocenters. The molecule has 31 heavy (non-hydrogen) atoms. The van der Waals surface area contributed by atoms with Crippen molar-refractivity contribution in [2.75, 3.05) is 7.11 Å². The third kappa shape index (κ3) is 4.71. The zero-order valence-corrected chi connectivity index (χ0v) is 20.6. The summed E-state index contributed by atoms with van der Waals surface area (Å²) in [4.78, 5) is 38.7. The van der Waals surface area contributed by atoms with Crippen molar-refractivity contribution in [2.24, 2.45) is 33.5 Å². The maximum atomic E-state index is 13.5. The maximum absolute atomic E-state index is 13.5. The third-order valence-electron chi connectivity index (χ3n) is 8.57. The molecule has 0 aromatic carbocycles. The molecule has 4 rings (SSSR count). The summed E-state index contributed by atoms with van der Waals surface area (Å²) in [5.41, 5.74) is -1.46. The van der Waals surface area contributed by atoms with E-state index >= 15 is 0 Å². The topological polar surface area (TPSA) is 69.7 Å². The minimum atomic E-state index is -0.802. The summed E-state index contributed by atoms with van der Waals surface area (Å²) < 4.78 is 10.7. The van der Waals surface area contributed by atoms with Gasteiger partial charge in [0.25, 0.3) is 0 Å². The normalized spacial score (nSPS) is 34.7. The molecule has 4 fully saturated rings. The molecule has 4 aliphatic rings. The molecular formula is C26H42O5. The van der Waals surface area contributed by atoms with Crippen molar-refractivity contribution < 1.29 is 23.9 Å². The summed E-state index contributed by atoms with van der Waals surface area (Å²) in [7, 11) is 1.37. The number of esters is 2. The smallest absolute Gasteiger partial charge is 0.312 e. The first-order chi connectivity index (χ1) is 14.3. The molecule has 0 heterocycles. The van der Waals surface area contributed by atoms with E-state index in [0.29, 0.717) is 42.3 Å². The highest BCUT2D eigenvalue weighted by Crippen LogP contribution is 2.65. The molecule has 0 saturated heterocycles. The van der Waals surface area contributed by atoms with Gasteiger partial charge in [-0.1, -0.05) is 13.8 Å². The van der Waals surface area contributed by atoms with Crippen LogP contribution in [-0.2, 0) is 23.9 Å². The Morgan fingerprint density at radius 2 is 1.61 bits per heavy atom. The van der Waals surface area contributed by atoms with E-state index in [0.717, 1.165) is 19.3 Å². The SMILES string of the molecule is CCC(C)(CC(C)(C)C(=O)OC)C(=O)OC(C)CC(=O)C12CC3CC(CC(C)(C3)C1)C2. The van der Waals surface area contributed by atoms with E-state index in [1.54, 1.807) is 13.8 Å². The molecule has 0 aromatic heterocycles. The number of Topliss-reactive ketones (excluding diaryl/α,β-unsaturated/α-hetero) is 1. The molecule has 0 radical (unpaired) electrons. The molecule has 0 aliphatic heterocycles. The van der Waals surface area contributed by atoms with Crippen LogP contribution in [0.2, 0.25) is 0 Å². The van der Waals surface area contributed by atoms with Crippen molar-refractivity contribution in [3.8, 4) is 0 Å². The van der Waals surface area contributed by atoms with Crippen LogP contribution < -0.4 is 0 Å². The summed E-state index contributed by atoms with van der Waals surface area (Å²) in [5.74, 6) is 1.01. The van der Waals surface area contributed by atoms with Crippen LogP contribution in [0.1, 0.15) is 99.3 Å². The lowest BCUT2D eigenvalue weighted by molar-refractivity contribution is -0.168. The molecule has 4 aliphatic carbocycles. The number of ketones is 1. The fourth-order valence-corrected chi connectivity index (χ4v) is 7.56. The molecule has 0 aromatic rings. The molecule has 5 nitrogen and oxygen atoms in total. The average Bonchev–Trinajstić information content (AvgIpc) is 2.64. The average molecular weight is 435 g/mol. The summed E-state index contributed by atoms with van der Waals surface area (Å²) in [6.45, 7) is 11.6. The van der Waals surface area contributed by atoms with E-state index < -0.39 is 16.9 Å². The number of ether oxygens (including phenoxy) is 2. The van der Waals surface area contributed by atoms with Crippen molar-refractivity contribution >= 4 is 17.7 Å². The van der Waals surface area contributed by atoms with Gasteiger partial charge in [-0.15, -0.1) is 0 Å². The van der Waals surface area contributed by atoms with Gasteiger partial charge in [-0.3, -0.25) is 14.4 Å². The Morgan fingerprint density at radius 3 is 2.10 bits per heavy atom. The molecule has 4 bridgehead atoms. The predicted octanol–water partition coefficient (Wildman–Crippen LogP) is 5.49. The van der Waals surface area contributed by atoms with Crippen molar-refractivity contribution in [1.29, 1.82) is 0 Å². The van der Waals surface area contributed by atoms with Crippen molar-refractivity contribution in [3.05, 3.63) is 0 Å². The standard InChI is InChI=1S/C26H42O5/c1-8-25(6,15-23(3,4)21(28)30-7)22(29)31-17(2)9-20(27)26-13-18-10-19(14-26)12-24(5,11-18)16-26/h17-19H,8-16H2,1-7H3. The minimum absolute atomic E-state index is 0.194. The number of hydrogen-bond donors (Lipinski definition) is 0. The van der Waals surface area contributed by atoms with Gasteiger partial charge in [-0.25, -0.2) is 0 Å². The van der Waals surface area contributed by atoms with Crippen molar-refractivity contribution in [2.45, 2.75) is 105 Å². The minimum Gasteiger partial charge on any atom is -0.469 e. The van der Waals surface area contributed by atoms with Crippen LogP contribution in [0, 0.1) is 33.5 Å². The van der Waals surface area contributed by atoms with Gasteiger partial charge in [0, 0.05) is 11.8 Å². The molecule has 0 N–H and O–H groups in total. The Morgan fingerprint density at radius 1 is 1.03 bits per heavy atom. The molecule has 0 amide bonds. The van der Waals surface area contributed by atoms with Gasteiger partial charge in [0.2, 0.25) is 0 Å². The van der Waals surface area contributed by atoms with Crippen LogP contribution in [0.4, 0.5) is 0 Å². The quantitative estimate of drug-likeness (QED) is 0.449. The lowest BCUT2D eigenvalue weighted by atomic mass is 9.43. The van der Waals surface area contributed by atoms with E-state index in [2.05, 4.69) is 6.92 Å². The summed E-state index contributed by atoms with van der Waals surface area (Å²) >= 11 is 0. The fourth-order valence-electron chi connectivity index (χ4n) is 7.56. The third-order valence-corrected chi connectivity index (χ3v) is 8.57. The van der Waals surface area contributed by atoms with Gasteiger partial charge >= 0.3 is 11.9 Å². The summed E-state index contributed by atoms with van der Waals surface area (Å²) in [5, 5.41) is 0. The Labute approximate surface area is 188 Å². The Balaban J connectivity index is 1.63. The molecule has 0 spiro atoms. The lowest BCUT2D eigenvalue weighted by Crippen LogP contribution is -2.54. The second-order valence-corrected chi connectivity index (χ2v) is 12.4. The Bertz CT molecular complexity index is 724. The maximum Gasteiger partial charge on any atom is 0.312 e. The first-order valence-corrected chi connectivity index (χ1v) is 12.1. The van der Waals surface area contributed by atoms with E-state index in [9.17, 15) is 14.4 Å². The highest BCUT2D eigenvalue weighted by Gasteiger charge is 2.58. The highest BCUT2D eigenvalue weighted by molar-refractivity contribution is 5.86. The highest BCUT2D eigenvalue weighted by atomic mass is 16.5. The first-order valence-electron chi connectivity index (χ1n) is 12.1. The molecule has 176 valence electrons. The van der Waals surface area contributed by atoms with Crippen LogP contribution >= 0.6 is 0 Å². The molecule has 4 saturated carbocycles. The monoisotopic (exact) mass is 434 g/mol. The predicted molar refractivity (Wildman–Crippen MR) is 119 cm³/mol. The first kappa shape index (κ1) is 24.3. The van der Waals surface area contributed by atoms with Gasteiger partial charge in [0.1, 0.15) is 11.9 Å². The van der Waals surface area contributed by atoms with Gasteiger partial charge in [0.15, 0.2) is 0 Å². The lowest BCUT2D eigenvalue weighted by Gasteiger charge is -2.60. The second kappa shape index (κ2) is 8.19. The van der Waals surface area contributed by atoms with Crippen LogP contribution in [-0.4, -0.2) is 30.9 Å². The van der Waals surface area contributed by atoms with Crippen molar-refractivity contribution in [1.82, 2.24) is 0 Å². The van der Waals surface area contributed by atoms with Gasteiger partial charge in [-0.2, -0.15) is 0 Å². The number of rotatable bonds is 9. The van der Waals surface area contributed by atoms with Crippen molar-refractivity contribution in [3.63, 3.8) is 0 Å². The number of hydrogen-bond acceptors (Lipinski definition) is 5. The van der Waals surface area contributed by atoms with Crippen LogP contribution in [0.15, 0.2) is 0 Å². The zero-order valence-electron chi connectivity index (χ0n) is 20.6. The summed E-state index contributed by atoms with van der Waals surface area (Å²) in [6.07, 6.45) is 7.63. The number of methoxy groups -OCH3 is 1. The van der Waals surface area contributed by atoms with E-state index in [1.807, 2.05) is 20.8 Å². The van der Waals surface area contributed by atoms with Crippen LogP contribution in [0.3, 0.4) is 0 Å². The van der Waals surface area contributed by atoms with E-state index in [1.165, 1.54) is 26.4 Å². The second-order valence-electron chi connectivity index (χ2n) is 12.4. The molecular weight excluding hydrogens is 392 g/mol. The fraction of sp³-hybridized carbons (Fsp3) is 0.885. The van der Waals surface area contributed by atoms with Crippen LogP contribution in [0.5, 0.6) is 0 Å². The largest absolute Gasteiger partial charge is 0.469 e. The van der Waals surface area contributed by atoms with Gasteiger partial charge in [-0.05, 0) is 96.3 Å². The van der Waals surface area contributed by atoms with E-state index in [-0.39, 0.29) is 17.4 Å². The Hall–Kier alpha value is -1.39. The molecule has 4 unspecified atom stereocenters. The number of carbonyl (C=O) groups excluding carboxylic acids is 3.